The molecule has 4 aliphatic carbocycles. The minimum atomic E-state index is -0.780. The van der Waals surface area contributed by atoms with E-state index < -0.39 is 18.3 Å². The first kappa shape index (κ1) is 26.3. The van der Waals surface area contributed by atoms with Crippen molar-refractivity contribution in [2.24, 2.45) is 46.3 Å². The molecule has 4 aliphatic rings. The maximum absolute atomic E-state index is 14.0. The van der Waals surface area contributed by atoms with Gasteiger partial charge in [-0.2, -0.15) is 0 Å². The number of rotatable bonds is 6. The van der Waals surface area contributed by atoms with Crippen LogP contribution in [0.5, 0.6) is 0 Å². The molecule has 11 atom stereocenters. The Bertz CT molecular complexity index is 966. The summed E-state index contributed by atoms with van der Waals surface area (Å²) in [4.78, 5) is 13.6. The van der Waals surface area contributed by atoms with Crippen LogP contribution in [0.15, 0.2) is 24.3 Å². The van der Waals surface area contributed by atoms with Gasteiger partial charge in [-0.15, -0.1) is 0 Å². The Morgan fingerprint density at radius 3 is 2.42 bits per heavy atom. The molecular weight excluding hydrogens is 455 g/mol. The molecule has 3 N–H and O–H groups in total. The standard InChI is InChI=1S/C31H45FO4/c1-18(7-6-10-25(33)19-8-4-5-9-24(19)32)20-11-12-21-28-22(13-15-30(20,21)2)31(3)16-14-26(34)29(36)23(31)17-27(28)35/h4-5,8-9,18,20-23,25-26,28-29,33-34,36H,6-7,10-17H2,1-3H3/t18-,20-,21+,22+,23+,25?,26+,28?,29-,30-,31-/m1/s1. The molecular formula is C31H45FO4. The molecule has 0 spiro atoms. The first-order valence-corrected chi connectivity index (χ1v) is 14.4. The summed E-state index contributed by atoms with van der Waals surface area (Å²) in [5.74, 6) is 1.74. The fraction of sp³-hybridized carbons (Fsp3) is 0.774. The van der Waals surface area contributed by atoms with Gasteiger partial charge in [0.15, 0.2) is 0 Å². The molecule has 4 saturated carbocycles. The number of hydrogen-bond acceptors (Lipinski definition) is 4. The molecule has 0 aliphatic heterocycles. The van der Waals surface area contributed by atoms with Crippen molar-refractivity contribution in [3.63, 3.8) is 0 Å². The van der Waals surface area contributed by atoms with E-state index in [-0.39, 0.29) is 28.5 Å². The lowest BCUT2D eigenvalue weighted by molar-refractivity contribution is -0.182. The molecule has 5 heteroatoms. The summed E-state index contributed by atoms with van der Waals surface area (Å²) in [6, 6.07) is 6.49. The Kier molecular flexibility index (Phi) is 7.15. The zero-order valence-corrected chi connectivity index (χ0v) is 22.2. The van der Waals surface area contributed by atoms with Crippen molar-refractivity contribution in [1.29, 1.82) is 0 Å². The van der Waals surface area contributed by atoms with Gasteiger partial charge in [0.1, 0.15) is 11.6 Å². The van der Waals surface area contributed by atoms with E-state index in [2.05, 4.69) is 20.8 Å². The van der Waals surface area contributed by atoms with Crippen molar-refractivity contribution < 1.29 is 24.5 Å². The van der Waals surface area contributed by atoms with Crippen molar-refractivity contribution >= 4 is 5.78 Å². The van der Waals surface area contributed by atoms with Gasteiger partial charge in [0, 0.05) is 17.9 Å². The smallest absolute Gasteiger partial charge is 0.136 e. The molecule has 0 saturated heterocycles. The predicted octanol–water partition coefficient (Wildman–Crippen LogP) is 5.84. The molecule has 4 nitrogen and oxygen atoms in total. The van der Waals surface area contributed by atoms with E-state index in [1.807, 2.05) is 0 Å². The molecule has 1 aromatic rings. The summed E-state index contributed by atoms with van der Waals surface area (Å²) in [7, 11) is 0. The first-order chi connectivity index (χ1) is 17.1. The number of fused-ring (bicyclic) bond motifs is 5. The fourth-order valence-corrected chi connectivity index (χ4v) is 9.68. The van der Waals surface area contributed by atoms with Gasteiger partial charge >= 0.3 is 0 Å². The van der Waals surface area contributed by atoms with E-state index in [4.69, 9.17) is 0 Å². The zero-order valence-electron chi connectivity index (χ0n) is 22.2. The van der Waals surface area contributed by atoms with Gasteiger partial charge in [0.05, 0.1) is 18.3 Å². The van der Waals surface area contributed by atoms with Crippen LogP contribution in [0.2, 0.25) is 0 Å². The quantitative estimate of drug-likeness (QED) is 0.459. The van der Waals surface area contributed by atoms with E-state index in [0.717, 1.165) is 44.9 Å². The van der Waals surface area contributed by atoms with Gasteiger partial charge in [-0.25, -0.2) is 4.39 Å². The molecule has 0 radical (unpaired) electrons. The SMILES string of the molecule is C[C@H](CCCC(O)c1ccccc1F)[C@H]1CC[C@H]2C3C(=O)C[C@H]4[C@@H](O)[C@@H](O)CC[C@]4(C)[C@H]3CC[C@]12C. The normalized spacial score (nSPS) is 43.9. The second-order valence-corrected chi connectivity index (χ2v) is 13.3. The zero-order chi connectivity index (χ0) is 25.8. The van der Waals surface area contributed by atoms with Crippen LogP contribution in [0, 0.1) is 52.2 Å². The number of hydrogen-bond donors (Lipinski definition) is 3. The maximum Gasteiger partial charge on any atom is 0.136 e. The molecule has 0 aromatic heterocycles. The highest BCUT2D eigenvalue weighted by atomic mass is 19.1. The molecule has 4 fully saturated rings. The number of benzene rings is 1. The number of ketones is 1. The monoisotopic (exact) mass is 500 g/mol. The second-order valence-electron chi connectivity index (χ2n) is 13.3. The molecule has 5 rings (SSSR count). The Hall–Kier alpha value is -1.30. The minimum absolute atomic E-state index is 0.0644. The molecule has 200 valence electrons. The minimum Gasteiger partial charge on any atom is -0.390 e. The van der Waals surface area contributed by atoms with Crippen molar-refractivity contribution in [3.8, 4) is 0 Å². The Balaban J connectivity index is 1.25. The summed E-state index contributed by atoms with van der Waals surface area (Å²) in [6.45, 7) is 7.05. The maximum atomic E-state index is 14.0. The van der Waals surface area contributed by atoms with Crippen LogP contribution in [0.25, 0.3) is 0 Å². The summed E-state index contributed by atoms with van der Waals surface area (Å²) < 4.78 is 14.0. The number of carbonyl (C=O) groups excluding carboxylic acids is 1. The molecule has 0 bridgehead atoms. The van der Waals surface area contributed by atoms with Gasteiger partial charge in [-0.3, -0.25) is 4.79 Å². The van der Waals surface area contributed by atoms with Crippen molar-refractivity contribution in [3.05, 3.63) is 35.6 Å². The molecule has 36 heavy (non-hydrogen) atoms. The van der Waals surface area contributed by atoms with E-state index in [0.29, 0.717) is 54.3 Å². The number of carbonyl (C=O) groups is 1. The van der Waals surface area contributed by atoms with Crippen LogP contribution in [-0.2, 0) is 4.79 Å². The molecule has 0 amide bonds. The van der Waals surface area contributed by atoms with E-state index >= 15 is 0 Å². The van der Waals surface area contributed by atoms with Crippen molar-refractivity contribution in [2.75, 3.05) is 0 Å². The number of aliphatic hydroxyl groups excluding tert-OH is 3. The Morgan fingerprint density at radius 1 is 0.972 bits per heavy atom. The van der Waals surface area contributed by atoms with Crippen molar-refractivity contribution in [1.82, 2.24) is 0 Å². The van der Waals surface area contributed by atoms with E-state index in [1.54, 1.807) is 18.2 Å². The first-order valence-electron chi connectivity index (χ1n) is 14.4. The topological polar surface area (TPSA) is 77.8 Å². The Labute approximate surface area is 215 Å². The second kappa shape index (κ2) is 9.78. The largest absolute Gasteiger partial charge is 0.390 e. The van der Waals surface area contributed by atoms with Crippen LogP contribution in [0.3, 0.4) is 0 Å². The van der Waals surface area contributed by atoms with E-state index in [1.165, 1.54) is 6.07 Å². The van der Waals surface area contributed by atoms with Crippen molar-refractivity contribution in [2.45, 2.75) is 103 Å². The predicted molar refractivity (Wildman–Crippen MR) is 137 cm³/mol. The average molecular weight is 501 g/mol. The van der Waals surface area contributed by atoms with Gasteiger partial charge in [0.2, 0.25) is 0 Å². The number of Topliss-reactive ketones (excluding diaryl/α,β-unsaturated/α-hetero) is 1. The number of halogens is 1. The van der Waals surface area contributed by atoms with E-state index in [9.17, 15) is 24.5 Å². The van der Waals surface area contributed by atoms with Crippen LogP contribution < -0.4 is 0 Å². The molecule has 1 aromatic carbocycles. The average Bonchev–Trinajstić information content (AvgIpc) is 3.20. The highest BCUT2D eigenvalue weighted by Crippen LogP contribution is 2.67. The lowest BCUT2D eigenvalue weighted by atomic mass is 9.43. The summed E-state index contributed by atoms with van der Waals surface area (Å²) in [5, 5.41) is 31.6. The summed E-state index contributed by atoms with van der Waals surface area (Å²) >= 11 is 0. The third-order valence-electron chi connectivity index (χ3n) is 11.7. The molecule has 0 heterocycles. The lowest BCUT2D eigenvalue weighted by Crippen LogP contribution is -2.61. The summed E-state index contributed by atoms with van der Waals surface area (Å²) in [5.41, 5.74) is 0.473. The highest BCUT2D eigenvalue weighted by Gasteiger charge is 2.64. The number of aliphatic hydroxyl groups is 3. The van der Waals surface area contributed by atoms with Crippen LogP contribution >= 0.6 is 0 Å². The summed E-state index contributed by atoms with van der Waals surface area (Å²) in [6.07, 6.45) is 6.54. The van der Waals surface area contributed by atoms with Crippen LogP contribution in [0.4, 0.5) is 4.39 Å². The lowest BCUT2D eigenvalue weighted by Gasteiger charge is -2.61. The fourth-order valence-electron chi connectivity index (χ4n) is 9.68. The third kappa shape index (κ3) is 4.18. The molecule has 2 unspecified atom stereocenters. The van der Waals surface area contributed by atoms with Crippen LogP contribution in [0.1, 0.15) is 96.6 Å². The third-order valence-corrected chi connectivity index (χ3v) is 11.7. The van der Waals surface area contributed by atoms with Gasteiger partial charge in [-0.1, -0.05) is 51.8 Å². The highest BCUT2D eigenvalue weighted by molar-refractivity contribution is 5.83. The van der Waals surface area contributed by atoms with Crippen LogP contribution in [-0.4, -0.2) is 33.3 Å². The van der Waals surface area contributed by atoms with Gasteiger partial charge in [-0.05, 0) is 91.4 Å². The van der Waals surface area contributed by atoms with Gasteiger partial charge < -0.3 is 15.3 Å². The van der Waals surface area contributed by atoms with Gasteiger partial charge in [0.25, 0.3) is 0 Å². The Morgan fingerprint density at radius 2 is 1.67 bits per heavy atom.